The quantitative estimate of drug-likeness (QED) is 0.529. The van der Waals surface area contributed by atoms with Crippen LogP contribution < -0.4 is 0 Å². The standard InChI is InChI=1S/C27H35F3N4O2/c1-16-9-18(36-19-13-33(14-19)8-4-7-28)11-24(35-3)26(16)27-20-5-6-23-22(12-31-32-23)21(20)10-17(2)34(27)15-25(29)30/h5-6,9,11-12,16-17,19,25-27H,4,7-8,10,13-15H2,1-3H3,(H,31,32)/t16?,17-,26?,27+/m1/s1. The molecule has 5 rings (SSSR count). The van der Waals surface area contributed by atoms with Crippen LogP contribution in [0.15, 0.2) is 42.0 Å². The highest BCUT2D eigenvalue weighted by atomic mass is 19.3. The monoisotopic (exact) mass is 504 g/mol. The largest absolute Gasteiger partial charge is 0.501 e. The van der Waals surface area contributed by atoms with Crippen molar-refractivity contribution in [3.05, 3.63) is 53.1 Å². The smallest absolute Gasteiger partial charge is 0.251 e. The van der Waals surface area contributed by atoms with Crippen LogP contribution in [-0.2, 0) is 15.9 Å². The third-order valence-corrected chi connectivity index (χ3v) is 7.88. The summed E-state index contributed by atoms with van der Waals surface area (Å²) in [7, 11) is 1.64. The maximum atomic E-state index is 13.8. The molecular formula is C27H35F3N4O2. The Hall–Kier alpha value is -2.52. The molecule has 196 valence electrons. The fourth-order valence-corrected chi connectivity index (χ4v) is 6.19. The fourth-order valence-electron chi connectivity index (χ4n) is 6.19. The van der Waals surface area contributed by atoms with E-state index in [1.165, 1.54) is 5.56 Å². The Labute approximate surface area is 210 Å². The normalized spacial score (nSPS) is 27.5. The van der Waals surface area contributed by atoms with Gasteiger partial charge in [-0.1, -0.05) is 13.0 Å². The Balaban J connectivity index is 1.44. The number of allylic oxidation sites excluding steroid dienone is 2. The summed E-state index contributed by atoms with van der Waals surface area (Å²) in [6, 6.07) is 3.72. The number of nitrogens with zero attached hydrogens (tertiary/aromatic N) is 3. The van der Waals surface area contributed by atoms with Crippen molar-refractivity contribution in [3.8, 4) is 0 Å². The number of H-pyrrole nitrogens is 1. The van der Waals surface area contributed by atoms with Crippen LogP contribution in [0.1, 0.15) is 37.4 Å². The molecule has 1 aromatic carbocycles. The molecule has 0 amide bonds. The number of benzene rings is 1. The maximum Gasteiger partial charge on any atom is 0.251 e. The minimum atomic E-state index is -2.43. The van der Waals surface area contributed by atoms with Gasteiger partial charge in [0.05, 0.1) is 32.0 Å². The summed E-state index contributed by atoms with van der Waals surface area (Å²) in [4.78, 5) is 4.13. The molecule has 0 bridgehead atoms. The van der Waals surface area contributed by atoms with Crippen LogP contribution in [0.3, 0.4) is 0 Å². The number of hydrogen-bond donors (Lipinski definition) is 1. The molecule has 0 spiro atoms. The van der Waals surface area contributed by atoms with E-state index in [2.05, 4.69) is 34.2 Å². The summed E-state index contributed by atoms with van der Waals surface area (Å²) >= 11 is 0. The van der Waals surface area contributed by atoms with E-state index in [-0.39, 0.29) is 43.2 Å². The topological polar surface area (TPSA) is 53.6 Å². The van der Waals surface area contributed by atoms with Crippen molar-refractivity contribution < 1.29 is 22.6 Å². The van der Waals surface area contributed by atoms with Gasteiger partial charge in [-0.05, 0) is 49.0 Å². The zero-order chi connectivity index (χ0) is 25.4. The van der Waals surface area contributed by atoms with E-state index in [0.29, 0.717) is 12.8 Å². The number of alkyl halides is 3. The van der Waals surface area contributed by atoms with Gasteiger partial charge in [-0.3, -0.25) is 19.3 Å². The van der Waals surface area contributed by atoms with Gasteiger partial charge in [0.2, 0.25) is 0 Å². The van der Waals surface area contributed by atoms with Crippen LogP contribution in [0.2, 0.25) is 0 Å². The SMILES string of the molecule is COC1=CC(OC2CN(CCCF)C2)=CC(C)C1[C@@H]1c2ccc3[nH]ncc3c2C[C@@H](C)N1CC(F)F. The zero-order valence-electron chi connectivity index (χ0n) is 21.1. The van der Waals surface area contributed by atoms with Crippen LogP contribution in [0, 0.1) is 11.8 Å². The molecule has 3 aliphatic rings. The average molecular weight is 505 g/mol. The number of fused-ring (bicyclic) bond motifs is 3. The highest BCUT2D eigenvalue weighted by molar-refractivity contribution is 5.83. The van der Waals surface area contributed by atoms with Crippen LogP contribution in [0.25, 0.3) is 10.9 Å². The predicted octanol–water partition coefficient (Wildman–Crippen LogP) is 4.86. The van der Waals surface area contributed by atoms with Crippen LogP contribution in [0.4, 0.5) is 13.2 Å². The summed E-state index contributed by atoms with van der Waals surface area (Å²) in [5, 5.41) is 8.30. The molecule has 6 nitrogen and oxygen atoms in total. The minimum Gasteiger partial charge on any atom is -0.501 e. The van der Waals surface area contributed by atoms with Gasteiger partial charge in [-0.2, -0.15) is 5.10 Å². The van der Waals surface area contributed by atoms with Crippen LogP contribution in [-0.4, -0.2) is 78.5 Å². The highest BCUT2D eigenvalue weighted by Gasteiger charge is 2.44. The van der Waals surface area contributed by atoms with Gasteiger partial charge in [-0.15, -0.1) is 0 Å². The number of halogens is 3. The summed E-state index contributed by atoms with van der Waals surface area (Å²) in [5.41, 5.74) is 3.18. The number of methoxy groups -OCH3 is 1. The first-order chi connectivity index (χ1) is 17.4. The predicted molar refractivity (Wildman–Crippen MR) is 132 cm³/mol. The second-order valence-corrected chi connectivity index (χ2v) is 10.3. The molecule has 1 aliphatic carbocycles. The second-order valence-electron chi connectivity index (χ2n) is 10.3. The molecule has 4 atom stereocenters. The number of nitrogens with one attached hydrogen (secondary N) is 1. The van der Waals surface area contributed by atoms with Crippen molar-refractivity contribution in [1.29, 1.82) is 0 Å². The molecule has 0 saturated carbocycles. The molecule has 2 unspecified atom stereocenters. The zero-order valence-corrected chi connectivity index (χ0v) is 21.1. The van der Waals surface area contributed by atoms with E-state index in [1.807, 2.05) is 30.2 Å². The highest BCUT2D eigenvalue weighted by Crippen LogP contribution is 2.48. The number of ether oxygens (including phenoxy) is 2. The Morgan fingerprint density at radius 1 is 1.22 bits per heavy atom. The molecule has 1 fully saturated rings. The van der Waals surface area contributed by atoms with E-state index in [4.69, 9.17) is 9.47 Å². The van der Waals surface area contributed by atoms with E-state index < -0.39 is 6.43 Å². The number of likely N-dealkylation sites (tertiary alicyclic amines) is 1. The van der Waals surface area contributed by atoms with Crippen molar-refractivity contribution in [3.63, 3.8) is 0 Å². The molecule has 3 heterocycles. The summed E-state index contributed by atoms with van der Waals surface area (Å²) in [6.07, 6.45) is 4.71. The number of hydrogen-bond acceptors (Lipinski definition) is 5. The van der Waals surface area contributed by atoms with E-state index in [9.17, 15) is 13.2 Å². The first kappa shape index (κ1) is 25.1. The lowest BCUT2D eigenvalue weighted by Gasteiger charge is -2.47. The molecule has 0 radical (unpaired) electrons. The van der Waals surface area contributed by atoms with Gasteiger partial charge in [0.1, 0.15) is 17.6 Å². The Morgan fingerprint density at radius 3 is 2.75 bits per heavy atom. The molecule has 1 saturated heterocycles. The minimum absolute atomic E-state index is 0.00559. The van der Waals surface area contributed by atoms with Crippen molar-refractivity contribution >= 4 is 10.9 Å². The van der Waals surface area contributed by atoms with Crippen molar-refractivity contribution in [2.75, 3.05) is 40.0 Å². The Bertz CT molecular complexity index is 1130. The van der Waals surface area contributed by atoms with Crippen molar-refractivity contribution in [1.82, 2.24) is 20.0 Å². The first-order valence-corrected chi connectivity index (χ1v) is 12.8. The van der Waals surface area contributed by atoms with Gasteiger partial charge in [0, 0.05) is 49.1 Å². The van der Waals surface area contributed by atoms with E-state index in [0.717, 1.165) is 47.6 Å². The number of aromatic nitrogens is 2. The lowest BCUT2D eigenvalue weighted by atomic mass is 9.74. The third kappa shape index (κ3) is 4.75. The van der Waals surface area contributed by atoms with E-state index >= 15 is 0 Å². The Morgan fingerprint density at radius 2 is 2.03 bits per heavy atom. The lowest BCUT2D eigenvalue weighted by molar-refractivity contribution is -0.0232. The fraction of sp³-hybridized carbons (Fsp3) is 0.593. The number of aromatic amines is 1. The summed E-state index contributed by atoms with van der Waals surface area (Å²) in [5.74, 6) is 1.35. The maximum absolute atomic E-state index is 13.8. The molecule has 1 N–H and O–H groups in total. The van der Waals surface area contributed by atoms with Gasteiger partial charge < -0.3 is 9.47 Å². The van der Waals surface area contributed by atoms with Gasteiger partial charge in [-0.25, -0.2) is 8.78 Å². The average Bonchev–Trinajstić information content (AvgIpc) is 3.30. The van der Waals surface area contributed by atoms with Crippen LogP contribution >= 0.6 is 0 Å². The van der Waals surface area contributed by atoms with Crippen molar-refractivity contribution in [2.24, 2.45) is 11.8 Å². The van der Waals surface area contributed by atoms with Gasteiger partial charge in [0.25, 0.3) is 6.43 Å². The summed E-state index contributed by atoms with van der Waals surface area (Å²) in [6.45, 7) is 5.84. The summed E-state index contributed by atoms with van der Waals surface area (Å²) < 4.78 is 52.1. The van der Waals surface area contributed by atoms with Crippen molar-refractivity contribution in [2.45, 2.75) is 51.3 Å². The molecule has 2 aromatic rings. The van der Waals surface area contributed by atoms with E-state index in [1.54, 1.807) is 7.11 Å². The van der Waals surface area contributed by atoms with Crippen LogP contribution in [0.5, 0.6) is 0 Å². The molecule has 36 heavy (non-hydrogen) atoms. The third-order valence-electron chi connectivity index (χ3n) is 7.88. The molecule has 1 aromatic heterocycles. The molecule has 2 aliphatic heterocycles. The molecule has 9 heteroatoms. The lowest BCUT2D eigenvalue weighted by Crippen LogP contribution is -2.52. The first-order valence-electron chi connectivity index (χ1n) is 12.8. The number of rotatable bonds is 9. The Kier molecular flexibility index (Phi) is 7.30. The second kappa shape index (κ2) is 10.5. The van der Waals surface area contributed by atoms with Gasteiger partial charge in [0.15, 0.2) is 0 Å². The molecular weight excluding hydrogens is 469 g/mol. The van der Waals surface area contributed by atoms with Gasteiger partial charge >= 0.3 is 0 Å².